The monoisotopic (exact) mass is 331 g/mol. The van der Waals surface area contributed by atoms with Crippen molar-refractivity contribution in [2.45, 2.75) is 13.3 Å². The van der Waals surface area contributed by atoms with Crippen molar-refractivity contribution in [2.24, 2.45) is 23.7 Å². The normalized spacial score (nSPS) is 34.2. The van der Waals surface area contributed by atoms with Gasteiger partial charge in [0.05, 0.1) is 17.5 Å². The van der Waals surface area contributed by atoms with Gasteiger partial charge in [0.25, 0.3) is 0 Å². The number of allylic oxidation sites excluding steroid dienone is 2. The lowest BCUT2D eigenvalue weighted by Crippen LogP contribution is -2.33. The molecule has 0 spiro atoms. The van der Waals surface area contributed by atoms with Gasteiger partial charge in [-0.3, -0.25) is 9.59 Å². The molecule has 0 radical (unpaired) electrons. The highest BCUT2D eigenvalue weighted by Gasteiger charge is 2.59. The Labute approximate surface area is 125 Å². The van der Waals surface area contributed by atoms with E-state index in [-0.39, 0.29) is 35.5 Å². The smallest absolute Gasteiger partial charge is 0.238 e. The van der Waals surface area contributed by atoms with Gasteiger partial charge in [0, 0.05) is 4.47 Å². The summed E-state index contributed by atoms with van der Waals surface area (Å²) in [6, 6.07) is 5.67. The number of carbonyl (C=O) groups is 2. The molecule has 4 atom stereocenters. The number of aryl methyl sites for hydroxylation is 1. The van der Waals surface area contributed by atoms with Crippen molar-refractivity contribution in [3.63, 3.8) is 0 Å². The molecule has 3 aliphatic rings. The predicted octanol–water partition coefficient (Wildman–Crippen LogP) is 3.07. The molecule has 4 heteroatoms. The van der Waals surface area contributed by atoms with E-state index >= 15 is 0 Å². The van der Waals surface area contributed by atoms with Gasteiger partial charge in [-0.15, -0.1) is 0 Å². The molecule has 4 rings (SSSR count). The van der Waals surface area contributed by atoms with Crippen LogP contribution in [0.1, 0.15) is 12.0 Å². The number of amides is 2. The van der Waals surface area contributed by atoms with Crippen molar-refractivity contribution in [3.05, 3.63) is 40.4 Å². The number of fused-ring (bicyclic) bond motifs is 5. The second kappa shape index (κ2) is 4.04. The van der Waals surface area contributed by atoms with E-state index in [0.717, 1.165) is 22.1 Å². The van der Waals surface area contributed by atoms with Gasteiger partial charge in [0.15, 0.2) is 0 Å². The Morgan fingerprint density at radius 1 is 1.10 bits per heavy atom. The number of hydrogen-bond acceptors (Lipinski definition) is 2. The van der Waals surface area contributed by atoms with Crippen LogP contribution in [0.15, 0.2) is 34.8 Å². The van der Waals surface area contributed by atoms with E-state index in [9.17, 15) is 9.59 Å². The summed E-state index contributed by atoms with van der Waals surface area (Å²) in [7, 11) is 0. The summed E-state index contributed by atoms with van der Waals surface area (Å²) in [5, 5.41) is 0. The number of imide groups is 1. The molecule has 1 aliphatic heterocycles. The minimum Gasteiger partial charge on any atom is -0.274 e. The zero-order valence-corrected chi connectivity index (χ0v) is 12.6. The Hall–Kier alpha value is -1.42. The molecule has 1 saturated heterocycles. The second-order valence-corrected chi connectivity index (χ2v) is 6.86. The van der Waals surface area contributed by atoms with E-state index in [4.69, 9.17) is 0 Å². The minimum absolute atomic E-state index is 0.0118. The zero-order chi connectivity index (χ0) is 14.0. The highest BCUT2D eigenvalue weighted by molar-refractivity contribution is 9.10. The molecule has 1 aromatic rings. The van der Waals surface area contributed by atoms with Gasteiger partial charge in [-0.2, -0.15) is 0 Å². The van der Waals surface area contributed by atoms with Crippen LogP contribution < -0.4 is 4.90 Å². The molecular formula is C16H14BrNO2. The van der Waals surface area contributed by atoms with Crippen LogP contribution >= 0.6 is 15.9 Å². The van der Waals surface area contributed by atoms with Gasteiger partial charge in [-0.25, -0.2) is 4.90 Å². The summed E-state index contributed by atoms with van der Waals surface area (Å²) >= 11 is 3.41. The standard InChI is InChI=1S/C16H14BrNO2/c1-8-6-11(17)4-5-12(8)18-15(19)13-9-2-3-10(7-9)14(13)16(18)20/h2-6,9-10,13-14H,7H2,1H3. The average Bonchev–Trinajstić information content (AvgIpc) is 3.06. The third kappa shape index (κ3) is 1.46. The van der Waals surface area contributed by atoms with Crippen molar-refractivity contribution in [3.8, 4) is 0 Å². The topological polar surface area (TPSA) is 37.4 Å². The van der Waals surface area contributed by atoms with E-state index in [1.54, 1.807) is 0 Å². The van der Waals surface area contributed by atoms with Gasteiger partial charge < -0.3 is 0 Å². The van der Waals surface area contributed by atoms with Crippen LogP contribution in [-0.4, -0.2) is 11.8 Å². The number of anilines is 1. The molecule has 2 bridgehead atoms. The van der Waals surface area contributed by atoms with Crippen molar-refractivity contribution in [2.75, 3.05) is 4.90 Å². The number of benzene rings is 1. The molecule has 2 amide bonds. The summed E-state index contributed by atoms with van der Waals surface area (Å²) in [4.78, 5) is 26.8. The lowest BCUT2D eigenvalue weighted by atomic mass is 9.85. The zero-order valence-electron chi connectivity index (χ0n) is 11.0. The average molecular weight is 332 g/mol. The first-order valence-corrected chi connectivity index (χ1v) is 7.69. The number of carbonyl (C=O) groups excluding carboxylic acids is 2. The van der Waals surface area contributed by atoms with Gasteiger partial charge >= 0.3 is 0 Å². The number of nitrogens with zero attached hydrogens (tertiary/aromatic N) is 1. The van der Waals surface area contributed by atoms with Crippen LogP contribution in [0.2, 0.25) is 0 Å². The highest BCUT2D eigenvalue weighted by atomic mass is 79.9. The molecular weight excluding hydrogens is 318 g/mol. The molecule has 1 heterocycles. The maximum Gasteiger partial charge on any atom is 0.238 e. The van der Waals surface area contributed by atoms with Gasteiger partial charge in [0.2, 0.25) is 11.8 Å². The van der Waals surface area contributed by atoms with Gasteiger partial charge in [0.1, 0.15) is 0 Å². The third-order valence-electron chi connectivity index (χ3n) is 4.87. The molecule has 1 aromatic carbocycles. The summed E-state index contributed by atoms with van der Waals surface area (Å²) in [5.74, 6) is 0.259. The molecule has 0 aromatic heterocycles. The molecule has 3 nitrogen and oxygen atoms in total. The van der Waals surface area contributed by atoms with E-state index in [1.165, 1.54) is 4.90 Å². The lowest BCUT2D eigenvalue weighted by Gasteiger charge is -2.19. The van der Waals surface area contributed by atoms with Gasteiger partial charge in [-0.05, 0) is 48.9 Å². The Kier molecular flexibility index (Phi) is 2.49. The molecule has 102 valence electrons. The summed E-state index contributed by atoms with van der Waals surface area (Å²) in [6.45, 7) is 1.93. The Bertz CT molecular complexity index is 636. The van der Waals surface area contributed by atoms with Crippen molar-refractivity contribution < 1.29 is 9.59 Å². The molecule has 2 fully saturated rings. The summed E-state index contributed by atoms with van der Waals surface area (Å²) in [6.07, 6.45) is 5.21. The second-order valence-electron chi connectivity index (χ2n) is 5.94. The fourth-order valence-electron chi connectivity index (χ4n) is 4.01. The quantitative estimate of drug-likeness (QED) is 0.585. The van der Waals surface area contributed by atoms with E-state index in [1.807, 2.05) is 25.1 Å². The Balaban J connectivity index is 1.78. The Morgan fingerprint density at radius 3 is 2.25 bits per heavy atom. The minimum atomic E-state index is -0.124. The fourth-order valence-corrected chi connectivity index (χ4v) is 4.49. The van der Waals surface area contributed by atoms with Crippen LogP contribution in [0.5, 0.6) is 0 Å². The fraction of sp³-hybridized carbons (Fsp3) is 0.375. The van der Waals surface area contributed by atoms with Crippen molar-refractivity contribution in [1.82, 2.24) is 0 Å². The van der Waals surface area contributed by atoms with Crippen LogP contribution in [0, 0.1) is 30.6 Å². The number of halogens is 1. The number of hydrogen-bond donors (Lipinski definition) is 0. The van der Waals surface area contributed by atoms with Crippen LogP contribution in [-0.2, 0) is 9.59 Å². The molecule has 0 N–H and O–H groups in total. The maximum absolute atomic E-state index is 12.7. The molecule has 20 heavy (non-hydrogen) atoms. The van der Waals surface area contributed by atoms with Crippen LogP contribution in [0.3, 0.4) is 0 Å². The van der Waals surface area contributed by atoms with Crippen molar-refractivity contribution in [1.29, 1.82) is 0 Å². The maximum atomic E-state index is 12.7. The van der Waals surface area contributed by atoms with E-state index in [0.29, 0.717) is 0 Å². The predicted molar refractivity (Wildman–Crippen MR) is 79.1 cm³/mol. The summed E-state index contributed by atoms with van der Waals surface area (Å²) < 4.78 is 0.958. The first-order chi connectivity index (χ1) is 9.58. The molecule has 1 saturated carbocycles. The Morgan fingerprint density at radius 2 is 1.70 bits per heavy atom. The summed E-state index contributed by atoms with van der Waals surface area (Å²) in [5.41, 5.74) is 1.68. The third-order valence-corrected chi connectivity index (χ3v) is 5.36. The van der Waals surface area contributed by atoms with E-state index < -0.39 is 0 Å². The molecule has 2 aliphatic carbocycles. The van der Waals surface area contributed by atoms with Crippen molar-refractivity contribution >= 4 is 33.4 Å². The van der Waals surface area contributed by atoms with E-state index in [2.05, 4.69) is 28.1 Å². The first-order valence-electron chi connectivity index (χ1n) is 6.90. The largest absolute Gasteiger partial charge is 0.274 e. The van der Waals surface area contributed by atoms with Crippen LogP contribution in [0.4, 0.5) is 5.69 Å². The first kappa shape index (κ1) is 12.3. The lowest BCUT2D eigenvalue weighted by molar-refractivity contribution is -0.123. The van der Waals surface area contributed by atoms with Crippen LogP contribution in [0.25, 0.3) is 0 Å². The molecule has 4 unspecified atom stereocenters. The highest BCUT2D eigenvalue weighted by Crippen LogP contribution is 2.53. The SMILES string of the molecule is Cc1cc(Br)ccc1N1C(=O)C2C3C=CC(C3)C2C1=O. The van der Waals surface area contributed by atoms with Gasteiger partial charge in [-0.1, -0.05) is 28.1 Å². The number of rotatable bonds is 1.